The predicted molar refractivity (Wildman–Crippen MR) is 132 cm³/mol. The van der Waals surface area contributed by atoms with Gasteiger partial charge in [-0.15, -0.1) is 0 Å². The lowest BCUT2D eigenvalue weighted by Crippen LogP contribution is -2.25. The Morgan fingerprint density at radius 1 is 0.935 bits per heavy atom. The smallest absolute Gasteiger partial charge is 0.0553 e. The van der Waals surface area contributed by atoms with Gasteiger partial charge in [-0.3, -0.25) is 0 Å². The summed E-state index contributed by atoms with van der Waals surface area (Å²) in [6, 6.07) is 24.2. The van der Waals surface area contributed by atoms with Crippen LogP contribution in [0.3, 0.4) is 0 Å². The summed E-state index contributed by atoms with van der Waals surface area (Å²) in [5, 5.41) is 1.21. The number of aromatic nitrogens is 1. The number of nitrogens with two attached hydrogens (primary N) is 1. The van der Waals surface area contributed by atoms with E-state index >= 15 is 0 Å². The van der Waals surface area contributed by atoms with Crippen LogP contribution in [0.1, 0.15) is 12.0 Å². The summed E-state index contributed by atoms with van der Waals surface area (Å²) in [4.78, 5) is 10.9. The fraction of sp³-hybridized carbons (Fsp3) is 0.231. The zero-order valence-corrected chi connectivity index (χ0v) is 18.9. The van der Waals surface area contributed by atoms with E-state index in [2.05, 4.69) is 95.6 Å². The van der Waals surface area contributed by atoms with Gasteiger partial charge in [-0.2, -0.15) is 0 Å². The Kier molecular flexibility index (Phi) is 5.48. The van der Waals surface area contributed by atoms with Crippen LogP contribution in [0, 0.1) is 0 Å². The van der Waals surface area contributed by atoms with E-state index in [9.17, 15) is 0 Å². The van der Waals surface area contributed by atoms with Gasteiger partial charge in [0.2, 0.25) is 0 Å². The topological polar surface area (TPSA) is 48.3 Å². The van der Waals surface area contributed by atoms with Gasteiger partial charge >= 0.3 is 0 Å². The van der Waals surface area contributed by atoms with Crippen molar-refractivity contribution in [3.63, 3.8) is 0 Å². The zero-order valence-electron chi connectivity index (χ0n) is 18.1. The minimum atomic E-state index is 0.564. The standard InChI is InChI=1S/C26H28N4S/c1-29(2)12-5-13-30-23-6-3-4-7-25(23)31-26-16-19(9-11-24(26)30)22-15-20-14-18(17-27)8-10-21(20)28-22/h3-4,6-11,14-16,28H,5,12-13,17,27H2,1-2H3. The number of aromatic amines is 1. The van der Waals surface area contributed by atoms with E-state index in [1.807, 2.05) is 11.8 Å². The summed E-state index contributed by atoms with van der Waals surface area (Å²) in [5.74, 6) is 0. The van der Waals surface area contributed by atoms with E-state index in [1.165, 1.54) is 32.1 Å². The molecule has 0 saturated carbocycles. The molecule has 3 aromatic carbocycles. The number of hydrogen-bond acceptors (Lipinski definition) is 4. The number of anilines is 2. The molecule has 0 spiro atoms. The number of benzene rings is 3. The van der Waals surface area contributed by atoms with Crippen molar-refractivity contribution in [2.24, 2.45) is 5.73 Å². The van der Waals surface area contributed by atoms with Crippen LogP contribution in [0.15, 0.2) is 76.5 Å². The predicted octanol–water partition coefficient (Wildman–Crippen LogP) is 5.85. The number of fused-ring (bicyclic) bond motifs is 3. The van der Waals surface area contributed by atoms with Crippen molar-refractivity contribution >= 4 is 34.0 Å². The van der Waals surface area contributed by atoms with Crippen molar-refractivity contribution in [1.82, 2.24) is 9.88 Å². The number of nitrogens with zero attached hydrogens (tertiary/aromatic N) is 2. The summed E-state index contributed by atoms with van der Waals surface area (Å²) >= 11 is 1.87. The molecule has 31 heavy (non-hydrogen) atoms. The van der Waals surface area contributed by atoms with Crippen LogP contribution in [-0.4, -0.2) is 37.1 Å². The Hall–Kier alpha value is -2.73. The van der Waals surface area contributed by atoms with Crippen molar-refractivity contribution < 1.29 is 0 Å². The van der Waals surface area contributed by atoms with Crippen LogP contribution >= 0.6 is 11.8 Å². The molecular weight excluding hydrogens is 400 g/mol. The summed E-state index contributed by atoms with van der Waals surface area (Å²) in [6.45, 7) is 2.66. The maximum atomic E-state index is 5.82. The third-order valence-electron chi connectivity index (χ3n) is 5.85. The van der Waals surface area contributed by atoms with Crippen LogP contribution in [0.2, 0.25) is 0 Å². The second kappa shape index (κ2) is 8.42. The van der Waals surface area contributed by atoms with Gasteiger partial charge in [0.1, 0.15) is 0 Å². The van der Waals surface area contributed by atoms with Crippen molar-refractivity contribution in [2.75, 3.05) is 32.1 Å². The van der Waals surface area contributed by atoms with E-state index in [1.54, 1.807) is 0 Å². The molecule has 0 aliphatic carbocycles. The summed E-state index contributed by atoms with van der Waals surface area (Å²) in [5.41, 5.74) is 13.1. The number of rotatable bonds is 6. The van der Waals surface area contributed by atoms with Crippen LogP contribution < -0.4 is 10.6 Å². The van der Waals surface area contributed by atoms with Gasteiger partial charge in [0, 0.05) is 39.5 Å². The first-order valence-electron chi connectivity index (χ1n) is 10.8. The van der Waals surface area contributed by atoms with Gasteiger partial charge < -0.3 is 20.5 Å². The van der Waals surface area contributed by atoms with Gasteiger partial charge in [0.05, 0.1) is 11.4 Å². The van der Waals surface area contributed by atoms with E-state index < -0.39 is 0 Å². The highest BCUT2D eigenvalue weighted by Crippen LogP contribution is 2.49. The average Bonchev–Trinajstić information content (AvgIpc) is 3.21. The maximum absolute atomic E-state index is 5.82. The highest BCUT2D eigenvalue weighted by molar-refractivity contribution is 7.99. The average molecular weight is 429 g/mol. The van der Waals surface area contributed by atoms with Gasteiger partial charge in [0.15, 0.2) is 0 Å². The van der Waals surface area contributed by atoms with Crippen molar-refractivity contribution in [1.29, 1.82) is 0 Å². The Morgan fingerprint density at radius 2 is 1.77 bits per heavy atom. The lowest BCUT2D eigenvalue weighted by atomic mass is 10.1. The zero-order chi connectivity index (χ0) is 21.4. The molecule has 5 heteroatoms. The third kappa shape index (κ3) is 3.97. The Balaban J connectivity index is 1.51. The molecule has 0 amide bonds. The molecule has 0 bridgehead atoms. The molecule has 1 aliphatic rings. The highest BCUT2D eigenvalue weighted by atomic mass is 32.2. The Morgan fingerprint density at radius 3 is 2.61 bits per heavy atom. The second-order valence-electron chi connectivity index (χ2n) is 8.37. The Bertz CT molecular complexity index is 1230. The first-order chi connectivity index (χ1) is 15.1. The summed E-state index contributed by atoms with van der Waals surface area (Å²) in [6.07, 6.45) is 1.12. The SMILES string of the molecule is CN(C)CCCN1c2ccccc2Sc2cc(-c3cc4cc(CN)ccc4[nH]3)ccc21. The molecule has 0 radical (unpaired) electrons. The van der Waals surface area contributed by atoms with Crippen molar-refractivity contribution in [3.05, 3.63) is 72.3 Å². The van der Waals surface area contributed by atoms with E-state index in [0.717, 1.165) is 36.3 Å². The van der Waals surface area contributed by atoms with Crippen LogP contribution in [0.5, 0.6) is 0 Å². The van der Waals surface area contributed by atoms with Gasteiger partial charge in [-0.05, 0) is 80.7 Å². The second-order valence-corrected chi connectivity index (χ2v) is 9.45. The van der Waals surface area contributed by atoms with Gasteiger partial charge in [-0.25, -0.2) is 0 Å². The number of para-hydroxylation sites is 1. The van der Waals surface area contributed by atoms with Crippen LogP contribution in [0.4, 0.5) is 11.4 Å². The number of nitrogens with one attached hydrogen (secondary N) is 1. The van der Waals surface area contributed by atoms with Gasteiger partial charge in [0.25, 0.3) is 0 Å². The summed E-state index contributed by atoms with van der Waals surface area (Å²) in [7, 11) is 4.27. The molecule has 0 unspecified atom stereocenters. The minimum absolute atomic E-state index is 0.564. The third-order valence-corrected chi connectivity index (χ3v) is 6.96. The first kappa shape index (κ1) is 20.2. The lowest BCUT2D eigenvalue weighted by Gasteiger charge is -2.33. The molecule has 1 aliphatic heterocycles. The molecule has 4 nitrogen and oxygen atoms in total. The molecule has 1 aromatic heterocycles. The van der Waals surface area contributed by atoms with Crippen LogP contribution in [-0.2, 0) is 6.54 Å². The fourth-order valence-corrected chi connectivity index (χ4v) is 5.39. The highest BCUT2D eigenvalue weighted by Gasteiger charge is 2.23. The quantitative estimate of drug-likeness (QED) is 0.405. The monoisotopic (exact) mass is 428 g/mol. The number of H-pyrrole nitrogens is 1. The molecule has 0 fully saturated rings. The molecule has 4 aromatic rings. The van der Waals surface area contributed by atoms with E-state index in [-0.39, 0.29) is 0 Å². The minimum Gasteiger partial charge on any atom is -0.355 e. The van der Waals surface area contributed by atoms with E-state index in [4.69, 9.17) is 5.73 Å². The molecule has 5 rings (SSSR count). The lowest BCUT2D eigenvalue weighted by molar-refractivity contribution is 0.402. The first-order valence-corrected chi connectivity index (χ1v) is 11.6. The molecule has 3 N–H and O–H groups in total. The Labute approximate surface area is 188 Å². The van der Waals surface area contributed by atoms with Crippen LogP contribution in [0.25, 0.3) is 22.2 Å². The van der Waals surface area contributed by atoms with Crippen molar-refractivity contribution in [3.8, 4) is 11.3 Å². The maximum Gasteiger partial charge on any atom is 0.0553 e. The van der Waals surface area contributed by atoms with Gasteiger partial charge in [-0.1, -0.05) is 36.0 Å². The normalized spacial score (nSPS) is 13.0. The molecule has 2 heterocycles. The summed E-state index contributed by atoms with van der Waals surface area (Å²) < 4.78 is 0. The number of hydrogen-bond donors (Lipinski definition) is 2. The van der Waals surface area contributed by atoms with E-state index in [0.29, 0.717) is 6.54 Å². The molecular formula is C26H28N4S. The van der Waals surface area contributed by atoms with Crippen molar-refractivity contribution in [2.45, 2.75) is 22.8 Å². The fourth-order valence-electron chi connectivity index (χ4n) is 4.25. The molecule has 0 saturated heterocycles. The molecule has 158 valence electrons. The molecule has 0 atom stereocenters. The largest absolute Gasteiger partial charge is 0.355 e.